The van der Waals surface area contributed by atoms with E-state index in [1.807, 2.05) is 37.3 Å². The van der Waals surface area contributed by atoms with Crippen LogP contribution in [0.4, 0.5) is 5.69 Å². The van der Waals surface area contributed by atoms with Crippen molar-refractivity contribution in [3.8, 4) is 6.07 Å². The first-order chi connectivity index (χ1) is 11.7. The minimum atomic E-state index is -0.238. The molecule has 2 aromatic carbocycles. The van der Waals surface area contributed by atoms with E-state index in [1.54, 1.807) is 24.3 Å². The lowest BCUT2D eigenvalue weighted by Gasteiger charge is -2.15. The molecular weight excluding hydrogens is 322 g/mol. The van der Waals surface area contributed by atoms with Gasteiger partial charge in [-0.25, -0.2) is 4.99 Å². The Balaban J connectivity index is 1.78. The highest BCUT2D eigenvalue weighted by atomic mass is 32.2. The lowest BCUT2D eigenvalue weighted by Crippen LogP contribution is -2.31. The number of nitrogens with zero attached hydrogens (tertiary/aromatic N) is 3. The molecule has 1 saturated heterocycles. The molecule has 0 aromatic heterocycles. The summed E-state index contributed by atoms with van der Waals surface area (Å²) >= 11 is 1.36. The van der Waals surface area contributed by atoms with Gasteiger partial charge in [0.25, 0.3) is 5.91 Å². The zero-order chi connectivity index (χ0) is 16.9. The average Bonchev–Trinajstić information content (AvgIpc) is 2.88. The second kappa shape index (κ2) is 7.30. The molecule has 24 heavy (non-hydrogen) atoms. The van der Waals surface area contributed by atoms with Crippen LogP contribution in [0.1, 0.15) is 18.1 Å². The molecule has 6 heteroatoms. The van der Waals surface area contributed by atoms with Crippen LogP contribution in [0, 0.1) is 11.3 Å². The zero-order valence-corrected chi connectivity index (χ0v) is 13.9. The monoisotopic (exact) mass is 337 g/mol. The third-order valence-electron chi connectivity index (χ3n) is 3.43. The van der Waals surface area contributed by atoms with E-state index >= 15 is 0 Å². The molecule has 120 valence electrons. The van der Waals surface area contributed by atoms with Crippen LogP contribution in [0.2, 0.25) is 0 Å². The number of hydroxylamine groups is 2. The van der Waals surface area contributed by atoms with Crippen LogP contribution in [0.3, 0.4) is 0 Å². The SMILES string of the molecule is CC1SC(=Nc2ccc(C#N)cc2)N(OCc2ccccc2)C1=O. The molecule has 1 fully saturated rings. The maximum atomic E-state index is 12.3. The molecule has 0 N–H and O–H groups in total. The number of thioether (sulfide) groups is 1. The first kappa shape index (κ1) is 16.2. The molecule has 1 heterocycles. The molecule has 1 atom stereocenters. The topological polar surface area (TPSA) is 65.7 Å². The number of benzene rings is 2. The predicted molar refractivity (Wildman–Crippen MR) is 93.4 cm³/mol. The quantitative estimate of drug-likeness (QED) is 0.854. The Morgan fingerprint density at radius 2 is 1.92 bits per heavy atom. The van der Waals surface area contributed by atoms with Gasteiger partial charge in [-0.1, -0.05) is 42.1 Å². The Morgan fingerprint density at radius 1 is 1.21 bits per heavy atom. The van der Waals surface area contributed by atoms with Gasteiger partial charge in [0, 0.05) is 0 Å². The Labute approximate surface area is 144 Å². The summed E-state index contributed by atoms with van der Waals surface area (Å²) in [6.07, 6.45) is 0. The molecule has 3 rings (SSSR count). The van der Waals surface area contributed by atoms with Crippen LogP contribution in [0.25, 0.3) is 0 Å². The third kappa shape index (κ3) is 3.65. The summed E-state index contributed by atoms with van der Waals surface area (Å²) in [5.74, 6) is -0.122. The van der Waals surface area contributed by atoms with Crippen LogP contribution >= 0.6 is 11.8 Å². The summed E-state index contributed by atoms with van der Waals surface area (Å²) in [4.78, 5) is 22.4. The predicted octanol–water partition coefficient (Wildman–Crippen LogP) is 3.64. The number of amidine groups is 1. The van der Waals surface area contributed by atoms with Crippen LogP contribution in [0.15, 0.2) is 59.6 Å². The van der Waals surface area contributed by atoms with Crippen LogP contribution in [-0.2, 0) is 16.2 Å². The largest absolute Gasteiger partial charge is 0.271 e. The van der Waals surface area contributed by atoms with Crippen molar-refractivity contribution in [3.05, 3.63) is 65.7 Å². The van der Waals surface area contributed by atoms with Crippen molar-refractivity contribution in [2.24, 2.45) is 4.99 Å². The minimum Gasteiger partial charge on any atom is -0.271 e. The van der Waals surface area contributed by atoms with Gasteiger partial charge in [-0.2, -0.15) is 10.3 Å². The van der Waals surface area contributed by atoms with Gasteiger partial charge in [0.05, 0.1) is 22.6 Å². The van der Waals surface area contributed by atoms with Gasteiger partial charge in [0.2, 0.25) is 0 Å². The van der Waals surface area contributed by atoms with Gasteiger partial charge in [-0.05, 0) is 36.8 Å². The molecule has 0 bridgehead atoms. The van der Waals surface area contributed by atoms with E-state index in [-0.39, 0.29) is 11.2 Å². The van der Waals surface area contributed by atoms with Crippen molar-refractivity contribution in [1.82, 2.24) is 5.06 Å². The Morgan fingerprint density at radius 3 is 2.58 bits per heavy atom. The number of hydrogen-bond acceptors (Lipinski definition) is 5. The molecule has 0 aliphatic carbocycles. The van der Waals surface area contributed by atoms with Gasteiger partial charge in [-0.3, -0.25) is 9.63 Å². The van der Waals surface area contributed by atoms with Crippen molar-refractivity contribution in [2.45, 2.75) is 18.8 Å². The van der Waals surface area contributed by atoms with Gasteiger partial charge in [-0.15, -0.1) is 0 Å². The number of aliphatic imine (C=N–C) groups is 1. The fourth-order valence-electron chi connectivity index (χ4n) is 2.14. The van der Waals surface area contributed by atoms with Crippen molar-refractivity contribution < 1.29 is 9.63 Å². The van der Waals surface area contributed by atoms with Crippen LogP contribution < -0.4 is 0 Å². The standard InChI is InChI=1S/C18H15N3O2S/c1-13-17(22)21(23-12-15-5-3-2-4-6-15)18(24-13)20-16-9-7-14(11-19)8-10-16/h2-10,13H,12H2,1H3. The lowest BCUT2D eigenvalue weighted by molar-refractivity contribution is -0.163. The fraction of sp³-hybridized carbons (Fsp3) is 0.167. The van der Waals surface area contributed by atoms with E-state index in [2.05, 4.69) is 11.1 Å². The summed E-state index contributed by atoms with van der Waals surface area (Å²) in [7, 11) is 0. The Kier molecular flexibility index (Phi) is 4.94. The number of carbonyl (C=O) groups is 1. The van der Waals surface area contributed by atoms with Gasteiger partial charge in [0.1, 0.15) is 6.61 Å². The van der Waals surface area contributed by atoms with Crippen LogP contribution in [-0.4, -0.2) is 21.4 Å². The van der Waals surface area contributed by atoms with Crippen molar-refractivity contribution in [1.29, 1.82) is 5.26 Å². The highest BCUT2D eigenvalue weighted by molar-refractivity contribution is 8.15. The highest BCUT2D eigenvalue weighted by Gasteiger charge is 2.36. The van der Waals surface area contributed by atoms with Crippen molar-refractivity contribution in [3.63, 3.8) is 0 Å². The molecule has 2 aromatic rings. The maximum Gasteiger partial charge on any atom is 0.266 e. The summed E-state index contributed by atoms with van der Waals surface area (Å²) < 4.78 is 0. The molecule has 5 nitrogen and oxygen atoms in total. The molecular formula is C18H15N3O2S. The molecule has 1 amide bonds. The molecule has 0 radical (unpaired) electrons. The van der Waals surface area contributed by atoms with E-state index in [1.165, 1.54) is 16.8 Å². The van der Waals surface area contributed by atoms with E-state index in [4.69, 9.17) is 10.1 Å². The van der Waals surface area contributed by atoms with Crippen molar-refractivity contribution >= 4 is 28.5 Å². The summed E-state index contributed by atoms with van der Waals surface area (Å²) in [5, 5.41) is 10.4. The number of rotatable bonds is 4. The minimum absolute atomic E-state index is 0.122. The van der Waals surface area contributed by atoms with Crippen LogP contribution in [0.5, 0.6) is 0 Å². The maximum absolute atomic E-state index is 12.3. The summed E-state index contributed by atoms with van der Waals surface area (Å²) in [6, 6.07) is 18.6. The summed E-state index contributed by atoms with van der Waals surface area (Å²) in [5.41, 5.74) is 2.22. The molecule has 0 saturated carbocycles. The number of amides is 1. The van der Waals surface area contributed by atoms with E-state index < -0.39 is 0 Å². The first-order valence-electron chi connectivity index (χ1n) is 7.43. The van der Waals surface area contributed by atoms with E-state index in [0.29, 0.717) is 23.0 Å². The Hall–Kier alpha value is -2.62. The summed E-state index contributed by atoms with van der Waals surface area (Å²) in [6.45, 7) is 2.12. The second-order valence-electron chi connectivity index (χ2n) is 5.20. The molecule has 0 spiro atoms. The molecule has 1 aliphatic rings. The third-order valence-corrected chi connectivity index (χ3v) is 4.45. The highest BCUT2D eigenvalue weighted by Crippen LogP contribution is 2.30. The smallest absolute Gasteiger partial charge is 0.266 e. The normalized spacial score (nSPS) is 18.8. The van der Waals surface area contributed by atoms with E-state index in [0.717, 1.165) is 5.56 Å². The van der Waals surface area contributed by atoms with Crippen molar-refractivity contribution in [2.75, 3.05) is 0 Å². The zero-order valence-electron chi connectivity index (χ0n) is 13.0. The molecule has 1 aliphatic heterocycles. The van der Waals surface area contributed by atoms with Gasteiger partial charge >= 0.3 is 0 Å². The van der Waals surface area contributed by atoms with Gasteiger partial charge < -0.3 is 0 Å². The Bertz CT molecular complexity index is 797. The fourth-order valence-corrected chi connectivity index (χ4v) is 3.05. The van der Waals surface area contributed by atoms with E-state index in [9.17, 15) is 4.79 Å². The van der Waals surface area contributed by atoms with Gasteiger partial charge in [0.15, 0.2) is 5.17 Å². The lowest BCUT2D eigenvalue weighted by atomic mass is 10.2. The second-order valence-corrected chi connectivity index (χ2v) is 6.51. The number of nitriles is 1. The number of carbonyl (C=O) groups excluding carboxylic acids is 1. The molecule has 1 unspecified atom stereocenters. The number of hydrogen-bond donors (Lipinski definition) is 0. The first-order valence-corrected chi connectivity index (χ1v) is 8.31. The average molecular weight is 337 g/mol.